The lowest BCUT2D eigenvalue weighted by atomic mass is 10.2. The van der Waals surface area contributed by atoms with Crippen molar-refractivity contribution in [1.29, 1.82) is 0 Å². The molecule has 0 radical (unpaired) electrons. The van der Waals surface area contributed by atoms with E-state index >= 15 is 0 Å². The molecule has 0 aliphatic rings. The van der Waals surface area contributed by atoms with Crippen molar-refractivity contribution in [2.24, 2.45) is 5.73 Å². The lowest BCUT2D eigenvalue weighted by molar-refractivity contribution is -0.121. The molecule has 0 saturated carbocycles. The molecule has 3 amide bonds. The van der Waals surface area contributed by atoms with E-state index in [1.54, 1.807) is 6.92 Å². The molecule has 1 rings (SSSR count). The van der Waals surface area contributed by atoms with Crippen LogP contribution in [-0.2, 0) is 4.79 Å². The van der Waals surface area contributed by atoms with Gasteiger partial charge in [0, 0.05) is 6.04 Å². The van der Waals surface area contributed by atoms with Crippen LogP contribution in [0.15, 0.2) is 24.3 Å². The Labute approximate surface area is 118 Å². The SMILES string of the molecule is Cc1ccc(OCC(C)NC(C)C(=O)NC(N)=O)cc1. The monoisotopic (exact) mass is 279 g/mol. The summed E-state index contributed by atoms with van der Waals surface area (Å²) in [4.78, 5) is 22.1. The first kappa shape index (κ1) is 16.0. The van der Waals surface area contributed by atoms with Crippen molar-refractivity contribution in [2.45, 2.75) is 32.9 Å². The van der Waals surface area contributed by atoms with Gasteiger partial charge in [-0.1, -0.05) is 17.7 Å². The van der Waals surface area contributed by atoms with Crippen LogP contribution in [0.3, 0.4) is 0 Å². The first-order chi connectivity index (χ1) is 9.38. The Morgan fingerprint density at radius 3 is 2.40 bits per heavy atom. The third-order valence-corrected chi connectivity index (χ3v) is 2.70. The minimum absolute atomic E-state index is 0.0510. The van der Waals surface area contributed by atoms with Crippen LogP contribution >= 0.6 is 0 Å². The van der Waals surface area contributed by atoms with E-state index in [1.807, 2.05) is 43.4 Å². The Kier molecular flexibility index (Phi) is 5.99. The van der Waals surface area contributed by atoms with Gasteiger partial charge in [-0.25, -0.2) is 4.79 Å². The van der Waals surface area contributed by atoms with Gasteiger partial charge in [0.15, 0.2) is 0 Å². The number of nitrogens with two attached hydrogens (primary N) is 1. The second-order valence-electron chi connectivity index (χ2n) is 4.77. The molecule has 110 valence electrons. The normalized spacial score (nSPS) is 13.3. The van der Waals surface area contributed by atoms with Crippen LogP contribution in [0, 0.1) is 6.92 Å². The highest BCUT2D eigenvalue weighted by atomic mass is 16.5. The second kappa shape index (κ2) is 7.49. The topological polar surface area (TPSA) is 93.4 Å². The summed E-state index contributed by atoms with van der Waals surface area (Å²) in [6, 6.07) is 6.29. The molecule has 0 aromatic heterocycles. The summed E-state index contributed by atoms with van der Waals surface area (Å²) in [6.45, 7) is 5.97. The highest BCUT2D eigenvalue weighted by Gasteiger charge is 2.16. The Bertz CT molecular complexity index is 459. The maximum atomic E-state index is 11.5. The van der Waals surface area contributed by atoms with E-state index in [-0.39, 0.29) is 6.04 Å². The summed E-state index contributed by atoms with van der Waals surface area (Å²) in [5, 5.41) is 5.05. The maximum absolute atomic E-state index is 11.5. The van der Waals surface area contributed by atoms with Crippen molar-refractivity contribution in [3.8, 4) is 5.75 Å². The van der Waals surface area contributed by atoms with E-state index < -0.39 is 18.0 Å². The van der Waals surface area contributed by atoms with Gasteiger partial charge in [-0.3, -0.25) is 10.1 Å². The highest BCUT2D eigenvalue weighted by molar-refractivity contribution is 5.96. The van der Waals surface area contributed by atoms with Crippen LogP contribution in [0.1, 0.15) is 19.4 Å². The zero-order valence-corrected chi connectivity index (χ0v) is 12.0. The summed E-state index contributed by atoms with van der Waals surface area (Å²) in [7, 11) is 0. The number of primary amides is 1. The number of ether oxygens (including phenoxy) is 1. The van der Waals surface area contributed by atoms with Crippen molar-refractivity contribution in [3.05, 3.63) is 29.8 Å². The summed E-state index contributed by atoms with van der Waals surface area (Å²) < 4.78 is 5.60. The van der Waals surface area contributed by atoms with Crippen molar-refractivity contribution in [1.82, 2.24) is 10.6 Å². The second-order valence-corrected chi connectivity index (χ2v) is 4.77. The molecule has 20 heavy (non-hydrogen) atoms. The lowest BCUT2D eigenvalue weighted by Gasteiger charge is -2.19. The first-order valence-electron chi connectivity index (χ1n) is 6.44. The van der Waals surface area contributed by atoms with Crippen molar-refractivity contribution < 1.29 is 14.3 Å². The van der Waals surface area contributed by atoms with E-state index in [9.17, 15) is 9.59 Å². The Morgan fingerprint density at radius 1 is 1.25 bits per heavy atom. The number of benzene rings is 1. The molecule has 1 aromatic carbocycles. The minimum atomic E-state index is -0.854. The number of rotatable bonds is 6. The smallest absolute Gasteiger partial charge is 0.318 e. The maximum Gasteiger partial charge on any atom is 0.318 e. The van der Waals surface area contributed by atoms with Crippen molar-refractivity contribution in [2.75, 3.05) is 6.61 Å². The lowest BCUT2D eigenvalue weighted by Crippen LogP contribution is -2.50. The quantitative estimate of drug-likeness (QED) is 0.722. The predicted molar refractivity (Wildman–Crippen MR) is 76.5 cm³/mol. The fourth-order valence-electron chi connectivity index (χ4n) is 1.64. The molecular weight excluding hydrogens is 258 g/mol. The number of aryl methyl sites for hydroxylation is 1. The van der Waals surface area contributed by atoms with Crippen LogP contribution in [0.25, 0.3) is 0 Å². The van der Waals surface area contributed by atoms with Gasteiger partial charge >= 0.3 is 6.03 Å². The van der Waals surface area contributed by atoms with Gasteiger partial charge in [-0.05, 0) is 32.9 Å². The number of urea groups is 1. The Morgan fingerprint density at radius 2 is 1.85 bits per heavy atom. The summed E-state index contributed by atoms with van der Waals surface area (Å²) in [6.07, 6.45) is 0. The first-order valence-corrected chi connectivity index (χ1v) is 6.44. The van der Waals surface area contributed by atoms with Crippen LogP contribution < -0.4 is 21.1 Å². The Hall–Kier alpha value is -2.08. The van der Waals surface area contributed by atoms with E-state index in [4.69, 9.17) is 10.5 Å². The highest BCUT2D eigenvalue weighted by Crippen LogP contribution is 2.11. The molecule has 0 saturated heterocycles. The average molecular weight is 279 g/mol. The standard InChI is InChI=1S/C14H21N3O3/c1-9-4-6-12(7-5-9)20-8-10(2)16-11(3)13(18)17-14(15)19/h4-7,10-11,16H,8H2,1-3H3,(H3,15,17,18,19). The number of nitrogens with one attached hydrogen (secondary N) is 2. The molecule has 0 heterocycles. The van der Waals surface area contributed by atoms with E-state index in [2.05, 4.69) is 5.32 Å². The number of carbonyl (C=O) groups excluding carboxylic acids is 2. The number of hydrogen-bond donors (Lipinski definition) is 3. The van der Waals surface area contributed by atoms with Gasteiger partial charge in [0.1, 0.15) is 12.4 Å². The fraction of sp³-hybridized carbons (Fsp3) is 0.429. The molecule has 2 atom stereocenters. The van der Waals surface area contributed by atoms with Gasteiger partial charge < -0.3 is 15.8 Å². The van der Waals surface area contributed by atoms with Crippen LogP contribution in [0.4, 0.5) is 4.79 Å². The molecule has 0 spiro atoms. The summed E-state index contributed by atoms with van der Waals surface area (Å²) in [5.74, 6) is 0.318. The molecule has 2 unspecified atom stereocenters. The Balaban J connectivity index is 2.35. The molecule has 0 aliphatic carbocycles. The van der Waals surface area contributed by atoms with E-state index in [0.717, 1.165) is 5.75 Å². The van der Waals surface area contributed by atoms with Crippen LogP contribution in [0.2, 0.25) is 0 Å². The largest absolute Gasteiger partial charge is 0.492 e. The number of hydrogen-bond acceptors (Lipinski definition) is 4. The predicted octanol–water partition coefficient (Wildman–Crippen LogP) is 0.935. The molecular formula is C14H21N3O3. The molecule has 6 heteroatoms. The van der Waals surface area contributed by atoms with Crippen LogP contribution in [0.5, 0.6) is 5.75 Å². The van der Waals surface area contributed by atoms with Crippen LogP contribution in [-0.4, -0.2) is 30.6 Å². The van der Waals surface area contributed by atoms with Gasteiger partial charge in [0.05, 0.1) is 6.04 Å². The minimum Gasteiger partial charge on any atom is -0.492 e. The van der Waals surface area contributed by atoms with E-state index in [1.165, 1.54) is 5.56 Å². The number of imide groups is 1. The molecule has 4 N–H and O–H groups in total. The van der Waals surface area contributed by atoms with Gasteiger partial charge in [0.2, 0.25) is 5.91 Å². The molecule has 1 aromatic rings. The van der Waals surface area contributed by atoms with Crippen molar-refractivity contribution >= 4 is 11.9 Å². The number of amides is 3. The molecule has 6 nitrogen and oxygen atoms in total. The van der Waals surface area contributed by atoms with Gasteiger partial charge in [0.25, 0.3) is 0 Å². The third kappa shape index (κ3) is 5.71. The van der Waals surface area contributed by atoms with E-state index in [0.29, 0.717) is 6.61 Å². The zero-order valence-electron chi connectivity index (χ0n) is 12.0. The number of carbonyl (C=O) groups is 2. The molecule has 0 fully saturated rings. The average Bonchev–Trinajstić information content (AvgIpc) is 2.37. The third-order valence-electron chi connectivity index (χ3n) is 2.70. The zero-order chi connectivity index (χ0) is 15.1. The summed E-state index contributed by atoms with van der Waals surface area (Å²) in [5.41, 5.74) is 6.05. The summed E-state index contributed by atoms with van der Waals surface area (Å²) >= 11 is 0. The fourth-order valence-corrected chi connectivity index (χ4v) is 1.64. The van der Waals surface area contributed by atoms with Gasteiger partial charge in [-0.15, -0.1) is 0 Å². The molecule has 0 aliphatic heterocycles. The van der Waals surface area contributed by atoms with Gasteiger partial charge in [-0.2, -0.15) is 0 Å². The molecule has 0 bridgehead atoms. The van der Waals surface area contributed by atoms with Crippen molar-refractivity contribution in [3.63, 3.8) is 0 Å².